The van der Waals surface area contributed by atoms with Gasteiger partial charge in [-0.1, -0.05) is 0 Å². The third-order valence-electron chi connectivity index (χ3n) is 2.62. The van der Waals surface area contributed by atoms with E-state index in [1.54, 1.807) is 13.8 Å². The number of hydrogen-bond acceptors (Lipinski definition) is 6. The first-order valence-electron chi connectivity index (χ1n) is 6.14. The molecule has 0 saturated carbocycles. The van der Waals surface area contributed by atoms with Crippen LogP contribution in [0.1, 0.15) is 34.7 Å². The molecule has 0 atom stereocenters. The van der Waals surface area contributed by atoms with Crippen LogP contribution in [0.25, 0.3) is 11.0 Å². The molecule has 2 aromatic heterocycles. The van der Waals surface area contributed by atoms with Gasteiger partial charge in [-0.05, 0) is 26.0 Å². The van der Waals surface area contributed by atoms with E-state index >= 15 is 0 Å². The van der Waals surface area contributed by atoms with E-state index in [1.807, 2.05) is 0 Å². The van der Waals surface area contributed by atoms with Gasteiger partial charge in [0.25, 0.3) is 0 Å². The Bertz CT molecular complexity index is 662. The number of pyridine rings is 1. The first-order chi connectivity index (χ1) is 9.58. The van der Waals surface area contributed by atoms with Crippen molar-refractivity contribution >= 4 is 23.0 Å². The average molecular weight is 278 g/mol. The second-order valence-electron chi connectivity index (χ2n) is 3.89. The molecule has 20 heavy (non-hydrogen) atoms. The summed E-state index contributed by atoms with van der Waals surface area (Å²) in [6.07, 6.45) is 1.36. The number of rotatable bonds is 4. The molecule has 0 saturated heterocycles. The molecule has 0 amide bonds. The number of carbonyl (C=O) groups is 2. The predicted octanol–water partition coefficient (Wildman–Crippen LogP) is 1.63. The second kappa shape index (κ2) is 5.60. The number of ether oxygens (including phenoxy) is 2. The largest absolute Gasteiger partial charge is 0.462 e. The normalized spacial score (nSPS) is 10.5. The zero-order valence-electron chi connectivity index (χ0n) is 11.1. The third kappa shape index (κ3) is 2.42. The van der Waals surface area contributed by atoms with Gasteiger partial charge in [0.1, 0.15) is 5.52 Å². The van der Waals surface area contributed by atoms with Crippen LogP contribution in [0.5, 0.6) is 0 Å². The van der Waals surface area contributed by atoms with Crippen LogP contribution >= 0.6 is 0 Å². The van der Waals surface area contributed by atoms with Crippen LogP contribution in [0, 0.1) is 0 Å². The number of aromatic nitrogens is 2. The minimum absolute atomic E-state index is 0.0354. The maximum Gasteiger partial charge on any atom is 0.357 e. The van der Waals surface area contributed by atoms with Crippen LogP contribution in [0.2, 0.25) is 0 Å². The molecule has 1 N–H and O–H groups in total. The van der Waals surface area contributed by atoms with Crippen molar-refractivity contribution in [2.75, 3.05) is 13.2 Å². The maximum absolute atomic E-state index is 11.9. The average Bonchev–Trinajstić information content (AvgIpc) is 2.79. The van der Waals surface area contributed by atoms with Gasteiger partial charge >= 0.3 is 11.9 Å². The van der Waals surface area contributed by atoms with Gasteiger partial charge in [0.05, 0.1) is 24.3 Å². The molecule has 0 fully saturated rings. The minimum atomic E-state index is -0.705. The summed E-state index contributed by atoms with van der Waals surface area (Å²) in [5.74, 6) is -1.39. The predicted molar refractivity (Wildman–Crippen MR) is 68.8 cm³/mol. The number of fused-ring (bicyclic) bond motifs is 1. The molecule has 0 aliphatic heterocycles. The lowest BCUT2D eigenvalue weighted by Crippen LogP contribution is -2.16. The van der Waals surface area contributed by atoms with E-state index in [2.05, 4.69) is 4.98 Å². The fourth-order valence-corrected chi connectivity index (χ4v) is 1.76. The molecule has 7 nitrogen and oxygen atoms in total. The quantitative estimate of drug-likeness (QED) is 0.675. The maximum atomic E-state index is 11.9. The van der Waals surface area contributed by atoms with E-state index in [1.165, 1.54) is 18.3 Å². The zero-order chi connectivity index (χ0) is 14.7. The van der Waals surface area contributed by atoms with Crippen molar-refractivity contribution in [1.82, 2.24) is 9.71 Å². The molecular formula is C13H14N2O5. The first-order valence-corrected chi connectivity index (χ1v) is 6.14. The highest BCUT2D eigenvalue weighted by atomic mass is 16.5. The van der Waals surface area contributed by atoms with Gasteiger partial charge in [-0.3, -0.25) is 0 Å². The molecule has 106 valence electrons. The van der Waals surface area contributed by atoms with E-state index in [-0.39, 0.29) is 24.5 Å². The molecule has 0 bridgehead atoms. The van der Waals surface area contributed by atoms with Crippen molar-refractivity contribution in [2.24, 2.45) is 0 Å². The standard InChI is InChI=1S/C13H14N2O5/c1-3-19-12(16)8-7-10-9(5-6-15(10)18)14-11(8)13(17)20-4-2/h5-7,18H,3-4H2,1-2H3. The summed E-state index contributed by atoms with van der Waals surface area (Å²) in [5, 5.41) is 9.59. The molecule has 0 aromatic carbocycles. The van der Waals surface area contributed by atoms with Gasteiger partial charge in [-0.15, -0.1) is 0 Å². The van der Waals surface area contributed by atoms with E-state index in [0.717, 1.165) is 4.73 Å². The van der Waals surface area contributed by atoms with Gasteiger partial charge in [-0.2, -0.15) is 4.73 Å². The van der Waals surface area contributed by atoms with Crippen molar-refractivity contribution in [1.29, 1.82) is 0 Å². The molecule has 2 rings (SSSR count). The Morgan fingerprint density at radius 1 is 1.25 bits per heavy atom. The summed E-state index contributed by atoms with van der Waals surface area (Å²) in [5.41, 5.74) is 0.528. The molecule has 0 aliphatic rings. The van der Waals surface area contributed by atoms with E-state index in [0.29, 0.717) is 11.0 Å². The number of esters is 2. The third-order valence-corrected chi connectivity index (χ3v) is 2.62. The van der Waals surface area contributed by atoms with Crippen molar-refractivity contribution in [3.05, 3.63) is 29.6 Å². The Balaban J connectivity index is 2.59. The fourth-order valence-electron chi connectivity index (χ4n) is 1.76. The van der Waals surface area contributed by atoms with E-state index in [9.17, 15) is 14.8 Å². The van der Waals surface area contributed by atoms with Crippen LogP contribution in [0.15, 0.2) is 18.3 Å². The molecular weight excluding hydrogens is 264 g/mol. The number of hydrogen-bond donors (Lipinski definition) is 1. The topological polar surface area (TPSA) is 90.6 Å². The van der Waals surface area contributed by atoms with Crippen molar-refractivity contribution in [2.45, 2.75) is 13.8 Å². The highest BCUT2D eigenvalue weighted by Crippen LogP contribution is 2.19. The monoisotopic (exact) mass is 278 g/mol. The summed E-state index contributed by atoms with van der Waals surface area (Å²) >= 11 is 0. The van der Waals surface area contributed by atoms with Crippen molar-refractivity contribution in [3.63, 3.8) is 0 Å². The number of nitrogens with zero attached hydrogens (tertiary/aromatic N) is 2. The van der Waals surface area contributed by atoms with Crippen molar-refractivity contribution < 1.29 is 24.3 Å². The van der Waals surface area contributed by atoms with Crippen LogP contribution in [-0.4, -0.2) is 40.1 Å². The summed E-state index contributed by atoms with van der Waals surface area (Å²) < 4.78 is 10.6. The lowest BCUT2D eigenvalue weighted by molar-refractivity contribution is 0.0474. The molecule has 2 heterocycles. The van der Waals surface area contributed by atoms with Gasteiger partial charge < -0.3 is 14.7 Å². The highest BCUT2D eigenvalue weighted by molar-refractivity contribution is 6.04. The fraction of sp³-hybridized carbons (Fsp3) is 0.308. The van der Waals surface area contributed by atoms with Crippen LogP contribution in [-0.2, 0) is 9.47 Å². The molecule has 0 radical (unpaired) electrons. The summed E-state index contributed by atoms with van der Waals surface area (Å²) in [4.78, 5) is 27.8. The first kappa shape index (κ1) is 13.9. The zero-order valence-corrected chi connectivity index (χ0v) is 11.1. The smallest absolute Gasteiger partial charge is 0.357 e. The van der Waals surface area contributed by atoms with Crippen LogP contribution in [0.3, 0.4) is 0 Å². The lowest BCUT2D eigenvalue weighted by atomic mass is 10.1. The molecule has 7 heteroatoms. The summed E-state index contributed by atoms with van der Waals surface area (Å²) in [7, 11) is 0. The Morgan fingerprint density at radius 2 is 1.90 bits per heavy atom. The summed E-state index contributed by atoms with van der Waals surface area (Å²) in [6, 6.07) is 2.87. The molecule has 2 aromatic rings. The van der Waals surface area contributed by atoms with Gasteiger partial charge in [-0.25, -0.2) is 14.6 Å². The Kier molecular flexibility index (Phi) is 3.88. The van der Waals surface area contributed by atoms with Crippen LogP contribution < -0.4 is 0 Å². The van der Waals surface area contributed by atoms with Gasteiger partial charge in [0.15, 0.2) is 5.69 Å². The Hall–Kier alpha value is -2.57. The minimum Gasteiger partial charge on any atom is -0.462 e. The van der Waals surface area contributed by atoms with Gasteiger partial charge in [0.2, 0.25) is 0 Å². The summed E-state index contributed by atoms with van der Waals surface area (Å²) in [6.45, 7) is 3.65. The van der Waals surface area contributed by atoms with E-state index in [4.69, 9.17) is 9.47 Å². The molecule has 0 unspecified atom stereocenters. The van der Waals surface area contributed by atoms with Gasteiger partial charge in [0, 0.05) is 6.20 Å². The molecule has 0 spiro atoms. The number of carbonyl (C=O) groups excluding carboxylic acids is 2. The Morgan fingerprint density at radius 3 is 2.55 bits per heavy atom. The highest BCUT2D eigenvalue weighted by Gasteiger charge is 2.23. The molecule has 0 aliphatic carbocycles. The Labute approximate surface area is 114 Å². The second-order valence-corrected chi connectivity index (χ2v) is 3.89. The van der Waals surface area contributed by atoms with E-state index < -0.39 is 11.9 Å². The lowest BCUT2D eigenvalue weighted by Gasteiger charge is -2.08. The van der Waals surface area contributed by atoms with Crippen LogP contribution in [0.4, 0.5) is 0 Å². The van der Waals surface area contributed by atoms with Crippen molar-refractivity contribution in [3.8, 4) is 0 Å². The SMILES string of the molecule is CCOC(=O)c1cc2c(ccn2O)nc1C(=O)OCC.